The van der Waals surface area contributed by atoms with Crippen LogP contribution in [0.1, 0.15) is 16.1 Å². The number of ether oxygens (including phenoxy) is 1. The molecule has 0 spiro atoms. The smallest absolute Gasteiger partial charge is 0.319 e. The van der Waals surface area contributed by atoms with Crippen LogP contribution in [-0.2, 0) is 6.42 Å². The maximum absolute atomic E-state index is 12.1. The van der Waals surface area contributed by atoms with Crippen LogP contribution in [0.15, 0.2) is 65.3 Å². The molecule has 29 heavy (non-hydrogen) atoms. The number of carbonyl (C=O) groups excluding carboxylic acids is 2. The fraction of sp³-hybridized carbons (Fsp3) is 0.143. The molecule has 0 aliphatic carbocycles. The zero-order valence-electron chi connectivity index (χ0n) is 15.7. The normalized spacial score (nSPS) is 10.3. The van der Waals surface area contributed by atoms with E-state index in [1.54, 1.807) is 37.4 Å². The summed E-state index contributed by atoms with van der Waals surface area (Å²) >= 11 is 6.20. The molecule has 3 amide bonds. The Kier molecular flexibility index (Phi) is 6.76. The zero-order chi connectivity index (χ0) is 20.6. The van der Waals surface area contributed by atoms with Gasteiger partial charge < -0.3 is 25.1 Å². The monoisotopic (exact) mass is 413 g/mol. The molecule has 1 heterocycles. The van der Waals surface area contributed by atoms with Crippen molar-refractivity contribution in [3.63, 3.8) is 0 Å². The Bertz CT molecular complexity index is 972. The van der Waals surface area contributed by atoms with Crippen molar-refractivity contribution in [2.24, 2.45) is 0 Å². The standard InChI is InChI=1S/C21H20ClN3O4/c1-28-16-7-4-14(5-8-16)10-11-23-21(27)24-15-6-9-18(17(22)13-15)25-20(26)19-3-2-12-29-19/h2-9,12-13H,10-11H2,1H3,(H,25,26)(H2,23,24,27). The maximum Gasteiger partial charge on any atom is 0.319 e. The summed E-state index contributed by atoms with van der Waals surface area (Å²) in [6.07, 6.45) is 2.10. The molecular formula is C21H20ClN3O4. The van der Waals surface area contributed by atoms with Gasteiger partial charge in [-0.15, -0.1) is 0 Å². The van der Waals surface area contributed by atoms with Crippen LogP contribution in [0.5, 0.6) is 5.75 Å². The van der Waals surface area contributed by atoms with Crippen LogP contribution in [0.2, 0.25) is 5.02 Å². The second-order valence-electron chi connectivity index (χ2n) is 6.11. The third-order valence-electron chi connectivity index (χ3n) is 4.08. The molecular weight excluding hydrogens is 394 g/mol. The van der Waals surface area contributed by atoms with Gasteiger partial charge in [0.1, 0.15) is 5.75 Å². The first kappa shape index (κ1) is 20.3. The van der Waals surface area contributed by atoms with Gasteiger partial charge in [0, 0.05) is 12.2 Å². The number of hydrogen-bond acceptors (Lipinski definition) is 4. The summed E-state index contributed by atoms with van der Waals surface area (Å²) in [5.41, 5.74) is 2.01. The molecule has 1 aromatic heterocycles. The molecule has 0 aliphatic heterocycles. The summed E-state index contributed by atoms with van der Waals surface area (Å²) in [6.45, 7) is 0.475. The van der Waals surface area contributed by atoms with Crippen molar-refractivity contribution in [3.05, 3.63) is 77.2 Å². The molecule has 0 saturated heterocycles. The van der Waals surface area contributed by atoms with Gasteiger partial charge in [-0.1, -0.05) is 23.7 Å². The lowest BCUT2D eigenvalue weighted by Crippen LogP contribution is -2.30. The number of hydrogen-bond donors (Lipinski definition) is 3. The number of methoxy groups -OCH3 is 1. The van der Waals surface area contributed by atoms with E-state index in [9.17, 15) is 9.59 Å². The Morgan fingerprint density at radius 2 is 1.86 bits per heavy atom. The molecule has 0 atom stereocenters. The fourth-order valence-corrected chi connectivity index (χ4v) is 2.80. The third-order valence-corrected chi connectivity index (χ3v) is 4.39. The molecule has 0 radical (unpaired) electrons. The fourth-order valence-electron chi connectivity index (χ4n) is 2.57. The number of urea groups is 1. The van der Waals surface area contributed by atoms with Gasteiger partial charge in [-0.25, -0.2) is 4.79 Å². The van der Waals surface area contributed by atoms with Gasteiger partial charge in [-0.05, 0) is 54.4 Å². The molecule has 2 aromatic carbocycles. The van der Waals surface area contributed by atoms with Gasteiger partial charge >= 0.3 is 6.03 Å². The van der Waals surface area contributed by atoms with Crippen molar-refractivity contribution in [2.45, 2.75) is 6.42 Å². The van der Waals surface area contributed by atoms with Crippen molar-refractivity contribution in [2.75, 3.05) is 24.3 Å². The lowest BCUT2D eigenvalue weighted by Gasteiger charge is -2.10. The lowest BCUT2D eigenvalue weighted by molar-refractivity contribution is 0.0996. The van der Waals surface area contributed by atoms with Crippen LogP contribution < -0.4 is 20.7 Å². The first-order valence-corrected chi connectivity index (χ1v) is 9.25. The van der Waals surface area contributed by atoms with Crippen LogP contribution in [0.25, 0.3) is 0 Å². The van der Waals surface area contributed by atoms with E-state index in [0.29, 0.717) is 29.4 Å². The number of benzene rings is 2. The van der Waals surface area contributed by atoms with Gasteiger partial charge in [0.25, 0.3) is 5.91 Å². The highest BCUT2D eigenvalue weighted by Crippen LogP contribution is 2.26. The van der Waals surface area contributed by atoms with Crippen molar-refractivity contribution < 1.29 is 18.7 Å². The van der Waals surface area contributed by atoms with Gasteiger partial charge in [-0.3, -0.25) is 4.79 Å². The quantitative estimate of drug-likeness (QED) is 0.529. The molecule has 150 valence electrons. The van der Waals surface area contributed by atoms with E-state index in [1.165, 1.54) is 6.26 Å². The summed E-state index contributed by atoms with van der Waals surface area (Å²) in [4.78, 5) is 24.1. The van der Waals surface area contributed by atoms with Crippen LogP contribution in [0.3, 0.4) is 0 Å². The number of rotatable bonds is 7. The molecule has 3 aromatic rings. The molecule has 0 fully saturated rings. The van der Waals surface area contributed by atoms with Crippen LogP contribution >= 0.6 is 11.6 Å². The number of carbonyl (C=O) groups is 2. The highest BCUT2D eigenvalue weighted by molar-refractivity contribution is 6.34. The Hall–Kier alpha value is -3.45. The Morgan fingerprint density at radius 3 is 2.52 bits per heavy atom. The van der Waals surface area contributed by atoms with Crippen molar-refractivity contribution in [3.8, 4) is 5.75 Å². The van der Waals surface area contributed by atoms with E-state index < -0.39 is 5.91 Å². The zero-order valence-corrected chi connectivity index (χ0v) is 16.5. The van der Waals surface area contributed by atoms with Crippen molar-refractivity contribution in [1.82, 2.24) is 5.32 Å². The summed E-state index contributed by atoms with van der Waals surface area (Å²) in [6, 6.07) is 15.3. The summed E-state index contributed by atoms with van der Waals surface area (Å²) in [7, 11) is 1.62. The molecule has 0 bridgehead atoms. The molecule has 0 aliphatic rings. The minimum atomic E-state index is -0.408. The molecule has 8 heteroatoms. The van der Waals surface area contributed by atoms with E-state index in [2.05, 4.69) is 16.0 Å². The predicted molar refractivity (Wildman–Crippen MR) is 112 cm³/mol. The van der Waals surface area contributed by atoms with Crippen LogP contribution in [-0.4, -0.2) is 25.6 Å². The first-order valence-electron chi connectivity index (χ1n) is 8.87. The van der Waals surface area contributed by atoms with E-state index in [1.807, 2.05) is 24.3 Å². The van der Waals surface area contributed by atoms with Gasteiger partial charge in [0.05, 0.1) is 24.1 Å². The number of nitrogens with one attached hydrogen (secondary N) is 3. The highest BCUT2D eigenvalue weighted by atomic mass is 35.5. The van der Waals surface area contributed by atoms with E-state index in [4.69, 9.17) is 20.8 Å². The molecule has 3 rings (SSSR count). The number of anilines is 2. The Morgan fingerprint density at radius 1 is 1.07 bits per heavy atom. The average Bonchev–Trinajstić information content (AvgIpc) is 3.25. The Balaban J connectivity index is 1.48. The van der Waals surface area contributed by atoms with Gasteiger partial charge in [0.15, 0.2) is 5.76 Å². The van der Waals surface area contributed by atoms with E-state index in [0.717, 1.165) is 11.3 Å². The van der Waals surface area contributed by atoms with Gasteiger partial charge in [-0.2, -0.15) is 0 Å². The molecule has 7 nitrogen and oxygen atoms in total. The predicted octanol–water partition coefficient (Wildman–Crippen LogP) is 4.56. The largest absolute Gasteiger partial charge is 0.497 e. The number of furan rings is 1. The van der Waals surface area contributed by atoms with Crippen LogP contribution in [0, 0.1) is 0 Å². The van der Waals surface area contributed by atoms with Crippen molar-refractivity contribution in [1.29, 1.82) is 0 Å². The average molecular weight is 414 g/mol. The van der Waals surface area contributed by atoms with Crippen LogP contribution in [0.4, 0.5) is 16.2 Å². The topological polar surface area (TPSA) is 92.6 Å². The number of amides is 3. The second kappa shape index (κ2) is 9.66. The summed E-state index contributed by atoms with van der Waals surface area (Å²) < 4.78 is 10.2. The van der Waals surface area contributed by atoms with Crippen molar-refractivity contribution >= 4 is 34.9 Å². The second-order valence-corrected chi connectivity index (χ2v) is 6.51. The highest BCUT2D eigenvalue weighted by Gasteiger charge is 2.12. The summed E-state index contributed by atoms with van der Waals surface area (Å²) in [5, 5.41) is 8.44. The minimum absolute atomic E-state index is 0.180. The first-order chi connectivity index (χ1) is 14.0. The number of halogens is 1. The van der Waals surface area contributed by atoms with E-state index >= 15 is 0 Å². The maximum atomic E-state index is 12.1. The third kappa shape index (κ3) is 5.76. The van der Waals surface area contributed by atoms with Gasteiger partial charge in [0.2, 0.25) is 0 Å². The van der Waals surface area contributed by atoms with E-state index in [-0.39, 0.29) is 11.8 Å². The minimum Gasteiger partial charge on any atom is -0.497 e. The lowest BCUT2D eigenvalue weighted by atomic mass is 10.1. The summed E-state index contributed by atoms with van der Waals surface area (Å²) in [5.74, 6) is 0.563. The molecule has 3 N–H and O–H groups in total. The molecule has 0 saturated carbocycles. The Labute approximate surface area is 173 Å². The molecule has 0 unspecified atom stereocenters. The SMILES string of the molecule is COc1ccc(CCNC(=O)Nc2ccc(NC(=O)c3ccco3)c(Cl)c2)cc1.